The minimum Gasteiger partial charge on any atom is -0.488 e. The van der Waals surface area contributed by atoms with E-state index in [1.165, 1.54) is 18.2 Å². The Bertz CT molecular complexity index is 1250. The Morgan fingerprint density at radius 3 is 2.38 bits per heavy atom. The number of nitrogens with one attached hydrogen (secondary N) is 2. The molecule has 0 heterocycles. The van der Waals surface area contributed by atoms with Crippen LogP contribution in [0.1, 0.15) is 11.1 Å². The summed E-state index contributed by atoms with van der Waals surface area (Å²) in [6, 6.07) is 25.0. The molecule has 176 valence electrons. The third kappa shape index (κ3) is 6.21. The summed E-state index contributed by atoms with van der Waals surface area (Å²) in [4.78, 5) is 10.3. The van der Waals surface area contributed by atoms with E-state index in [2.05, 4.69) is 22.8 Å². The molecule has 0 spiro atoms. The average molecular weight is 482 g/mol. The summed E-state index contributed by atoms with van der Waals surface area (Å²) in [6.45, 7) is 2.05. The molecule has 2 N–H and O–H groups in total. The predicted octanol–water partition coefficient (Wildman–Crippen LogP) is 6.09. The van der Waals surface area contributed by atoms with Gasteiger partial charge in [-0.2, -0.15) is 0 Å². The van der Waals surface area contributed by atoms with Gasteiger partial charge in [0.15, 0.2) is 0 Å². The molecule has 4 aromatic rings. The van der Waals surface area contributed by atoms with Gasteiger partial charge >= 0.3 is 0 Å². The molecule has 8 heteroatoms. The highest BCUT2D eigenvalue weighted by Crippen LogP contribution is 2.29. The van der Waals surface area contributed by atoms with E-state index >= 15 is 0 Å². The van der Waals surface area contributed by atoms with Crippen molar-refractivity contribution < 1.29 is 14.1 Å². The number of ether oxygens (including phenoxy) is 1. The Morgan fingerprint density at radius 1 is 0.882 bits per heavy atom. The number of nitro groups is 1. The fourth-order valence-electron chi connectivity index (χ4n) is 3.61. The van der Waals surface area contributed by atoms with Crippen molar-refractivity contribution in [3.8, 4) is 5.75 Å². The van der Waals surface area contributed by atoms with E-state index in [1.807, 2.05) is 24.3 Å². The molecule has 0 radical (unpaired) electrons. The minimum atomic E-state index is -0.415. The topological polar surface area (TPSA) is 76.4 Å². The van der Waals surface area contributed by atoms with Crippen molar-refractivity contribution in [1.82, 2.24) is 5.32 Å². The minimum absolute atomic E-state index is 0. The Hall–Kier alpha value is -3.68. The van der Waals surface area contributed by atoms with Crippen LogP contribution < -0.4 is 15.4 Å². The van der Waals surface area contributed by atoms with Crippen LogP contribution in [0.2, 0.25) is 0 Å². The number of non-ortho nitro benzene ring substituents is 1. The molecule has 0 aliphatic carbocycles. The number of rotatable bonds is 10. The molecule has 34 heavy (non-hydrogen) atoms. The van der Waals surface area contributed by atoms with E-state index in [9.17, 15) is 14.5 Å². The van der Waals surface area contributed by atoms with Crippen LogP contribution >= 0.6 is 12.4 Å². The van der Waals surface area contributed by atoms with E-state index in [-0.39, 0.29) is 30.5 Å². The van der Waals surface area contributed by atoms with Crippen molar-refractivity contribution in [2.45, 2.75) is 13.2 Å². The summed E-state index contributed by atoms with van der Waals surface area (Å²) in [5.41, 5.74) is 2.41. The zero-order valence-electron chi connectivity index (χ0n) is 18.4. The van der Waals surface area contributed by atoms with E-state index < -0.39 is 4.92 Å². The van der Waals surface area contributed by atoms with Gasteiger partial charge in [-0.25, -0.2) is 4.39 Å². The first kappa shape index (κ1) is 25.0. The number of hydrogen-bond donors (Lipinski definition) is 2. The number of anilines is 1. The molecular weight excluding hydrogens is 457 g/mol. The molecule has 0 atom stereocenters. The molecule has 6 nitrogen and oxygen atoms in total. The third-order valence-electron chi connectivity index (χ3n) is 5.35. The lowest BCUT2D eigenvalue weighted by Gasteiger charge is -2.16. The molecule has 0 saturated heterocycles. The predicted molar refractivity (Wildman–Crippen MR) is 135 cm³/mol. The van der Waals surface area contributed by atoms with Gasteiger partial charge in [-0.05, 0) is 35.0 Å². The van der Waals surface area contributed by atoms with Crippen LogP contribution in [0.25, 0.3) is 10.8 Å². The summed E-state index contributed by atoms with van der Waals surface area (Å²) in [5, 5.41) is 19.6. The molecule has 0 aliphatic rings. The second-order valence-corrected chi connectivity index (χ2v) is 7.55. The zero-order chi connectivity index (χ0) is 23.0. The van der Waals surface area contributed by atoms with Crippen LogP contribution in [0.5, 0.6) is 5.75 Å². The molecule has 4 aromatic carbocycles. The normalized spacial score (nSPS) is 10.5. The largest absolute Gasteiger partial charge is 0.488 e. The molecular formula is C26H25ClFN3O3. The molecule has 0 bridgehead atoms. The van der Waals surface area contributed by atoms with Crippen LogP contribution in [0.4, 0.5) is 15.8 Å². The van der Waals surface area contributed by atoms with Gasteiger partial charge in [0, 0.05) is 48.6 Å². The van der Waals surface area contributed by atoms with Crippen LogP contribution in [0, 0.1) is 15.9 Å². The quantitative estimate of drug-likeness (QED) is 0.163. The Kier molecular flexibility index (Phi) is 8.79. The van der Waals surface area contributed by atoms with Gasteiger partial charge in [-0.15, -0.1) is 12.4 Å². The number of halogens is 2. The second kappa shape index (κ2) is 12.0. The summed E-state index contributed by atoms with van der Waals surface area (Å²) in [5.74, 6) is 0.433. The van der Waals surface area contributed by atoms with Gasteiger partial charge in [0.2, 0.25) is 0 Å². The van der Waals surface area contributed by atoms with Crippen molar-refractivity contribution in [2.75, 3.05) is 18.4 Å². The van der Waals surface area contributed by atoms with Gasteiger partial charge in [0.25, 0.3) is 5.69 Å². The van der Waals surface area contributed by atoms with Crippen LogP contribution in [0.15, 0.2) is 84.9 Å². The van der Waals surface area contributed by atoms with Crippen LogP contribution in [-0.2, 0) is 13.2 Å². The molecule has 0 aliphatic heterocycles. The van der Waals surface area contributed by atoms with Crippen molar-refractivity contribution >= 4 is 34.6 Å². The fraction of sp³-hybridized carbons (Fsp3) is 0.154. The van der Waals surface area contributed by atoms with E-state index in [4.69, 9.17) is 4.74 Å². The summed E-state index contributed by atoms with van der Waals surface area (Å²) in [6.07, 6.45) is 0. The van der Waals surface area contributed by atoms with Crippen LogP contribution in [0.3, 0.4) is 0 Å². The van der Waals surface area contributed by atoms with Crippen molar-refractivity contribution in [2.24, 2.45) is 0 Å². The smallest absolute Gasteiger partial charge is 0.269 e. The molecule has 0 aromatic heterocycles. The van der Waals surface area contributed by atoms with E-state index in [0.717, 1.165) is 22.0 Å². The maximum atomic E-state index is 14.0. The Morgan fingerprint density at radius 2 is 1.62 bits per heavy atom. The first-order chi connectivity index (χ1) is 16.1. The monoisotopic (exact) mass is 481 g/mol. The Balaban J connectivity index is 0.00000324. The highest BCUT2D eigenvalue weighted by molar-refractivity contribution is 5.87. The molecule has 0 fully saturated rings. The standard InChI is InChI=1S/C26H24FN3O3.ClH/c27-25-8-4-2-6-20(25)18-33-26-14-9-19-5-1-3-7-23(19)24(26)17-28-15-16-29-21-10-12-22(13-11-21)30(31)32;/h1-14,28-29H,15-18H2;1H. The summed E-state index contributed by atoms with van der Waals surface area (Å²) >= 11 is 0. The van der Waals surface area contributed by atoms with Crippen LogP contribution in [-0.4, -0.2) is 18.0 Å². The highest BCUT2D eigenvalue weighted by atomic mass is 35.5. The lowest BCUT2D eigenvalue weighted by Crippen LogP contribution is -2.22. The zero-order valence-corrected chi connectivity index (χ0v) is 19.2. The average Bonchev–Trinajstić information content (AvgIpc) is 2.84. The molecule has 0 unspecified atom stereocenters. The number of nitro benzene ring substituents is 1. The lowest BCUT2D eigenvalue weighted by molar-refractivity contribution is -0.384. The SMILES string of the molecule is Cl.O=[N+]([O-])c1ccc(NCCNCc2c(OCc3ccccc3F)ccc3ccccc23)cc1. The number of hydrogen-bond acceptors (Lipinski definition) is 5. The van der Waals surface area contributed by atoms with Crippen molar-refractivity contribution in [3.63, 3.8) is 0 Å². The lowest BCUT2D eigenvalue weighted by atomic mass is 10.0. The van der Waals surface area contributed by atoms with E-state index in [1.54, 1.807) is 30.3 Å². The molecule has 4 rings (SSSR count). The van der Waals surface area contributed by atoms with Gasteiger partial charge in [-0.1, -0.05) is 48.5 Å². The highest BCUT2D eigenvalue weighted by Gasteiger charge is 2.10. The van der Waals surface area contributed by atoms with Gasteiger partial charge in [0.1, 0.15) is 18.2 Å². The van der Waals surface area contributed by atoms with Crippen molar-refractivity contribution in [1.29, 1.82) is 0 Å². The summed E-state index contributed by atoms with van der Waals surface area (Å²) in [7, 11) is 0. The maximum absolute atomic E-state index is 14.0. The molecule has 0 amide bonds. The van der Waals surface area contributed by atoms with Gasteiger partial charge in [0.05, 0.1) is 4.92 Å². The number of benzene rings is 4. The second-order valence-electron chi connectivity index (χ2n) is 7.55. The number of fused-ring (bicyclic) bond motifs is 1. The first-order valence-electron chi connectivity index (χ1n) is 10.7. The Labute approximate surface area is 203 Å². The van der Waals surface area contributed by atoms with Gasteiger partial charge < -0.3 is 15.4 Å². The number of nitrogens with zero attached hydrogens (tertiary/aromatic N) is 1. The molecule has 0 saturated carbocycles. The van der Waals surface area contributed by atoms with E-state index in [0.29, 0.717) is 30.9 Å². The fourth-order valence-corrected chi connectivity index (χ4v) is 3.61. The summed E-state index contributed by atoms with van der Waals surface area (Å²) < 4.78 is 20.0. The first-order valence-corrected chi connectivity index (χ1v) is 10.7. The van der Waals surface area contributed by atoms with Gasteiger partial charge in [-0.3, -0.25) is 10.1 Å². The van der Waals surface area contributed by atoms with Crippen molar-refractivity contribution in [3.05, 3.63) is 112 Å². The third-order valence-corrected chi connectivity index (χ3v) is 5.35. The maximum Gasteiger partial charge on any atom is 0.269 e.